The van der Waals surface area contributed by atoms with Gasteiger partial charge in [0.25, 0.3) is 0 Å². The van der Waals surface area contributed by atoms with Gasteiger partial charge >= 0.3 is 0 Å². The van der Waals surface area contributed by atoms with Crippen LogP contribution < -0.4 is 15.0 Å². The lowest BCUT2D eigenvalue weighted by Crippen LogP contribution is -2.21. The third-order valence-corrected chi connectivity index (χ3v) is 3.83. The average Bonchev–Trinajstić information content (AvgIpc) is 2.60. The molecular weight excluding hydrogens is 316 g/mol. The molecule has 25 heavy (non-hydrogen) atoms. The van der Waals surface area contributed by atoms with E-state index >= 15 is 0 Å². The van der Waals surface area contributed by atoms with E-state index in [0.29, 0.717) is 26.0 Å². The molecule has 0 aliphatic carbocycles. The molecule has 0 unspecified atom stereocenters. The monoisotopic (exact) mass is 342 g/mol. The zero-order valence-electron chi connectivity index (χ0n) is 14.9. The zero-order chi connectivity index (χ0) is 18.1. The van der Waals surface area contributed by atoms with Gasteiger partial charge in [0.15, 0.2) is 0 Å². The Bertz CT molecular complexity index is 671. The minimum Gasteiger partial charge on any atom is -0.494 e. The van der Waals surface area contributed by atoms with Crippen LogP contribution in [-0.2, 0) is 4.79 Å². The first-order chi connectivity index (χ1) is 12.1. The van der Waals surface area contributed by atoms with Gasteiger partial charge < -0.3 is 20.1 Å². The van der Waals surface area contributed by atoms with Gasteiger partial charge in [-0.3, -0.25) is 4.79 Å². The highest BCUT2D eigenvalue weighted by Gasteiger charge is 2.04. The molecule has 0 bridgehead atoms. The summed E-state index contributed by atoms with van der Waals surface area (Å²) in [6, 6.07) is 15.5. The van der Waals surface area contributed by atoms with Crippen molar-refractivity contribution < 1.29 is 14.6 Å². The van der Waals surface area contributed by atoms with E-state index in [1.165, 1.54) is 0 Å². The van der Waals surface area contributed by atoms with Gasteiger partial charge in [-0.2, -0.15) is 0 Å². The summed E-state index contributed by atoms with van der Waals surface area (Å²) in [6.45, 7) is 3.22. The van der Waals surface area contributed by atoms with Crippen molar-refractivity contribution in [3.05, 3.63) is 54.1 Å². The number of aliphatic hydroxyl groups is 1. The second-order valence-corrected chi connectivity index (χ2v) is 6.01. The maximum Gasteiger partial charge on any atom is 0.224 e. The number of likely N-dealkylation sites (N-methyl/N-ethyl adjacent to an activating group) is 1. The summed E-state index contributed by atoms with van der Waals surface area (Å²) in [5, 5.41) is 11.8. The van der Waals surface area contributed by atoms with E-state index in [2.05, 4.69) is 5.32 Å². The summed E-state index contributed by atoms with van der Waals surface area (Å²) >= 11 is 0. The predicted octanol–water partition coefficient (Wildman–Crippen LogP) is 3.22. The van der Waals surface area contributed by atoms with Crippen molar-refractivity contribution in [1.29, 1.82) is 0 Å². The van der Waals surface area contributed by atoms with E-state index in [0.717, 1.165) is 22.7 Å². The number of carbonyl (C=O) groups excluding carboxylic acids is 1. The van der Waals surface area contributed by atoms with E-state index in [4.69, 9.17) is 9.84 Å². The summed E-state index contributed by atoms with van der Waals surface area (Å²) in [5.74, 6) is 0.812. The molecule has 0 radical (unpaired) electrons. The minimum atomic E-state index is -0.0238. The molecule has 0 aromatic heterocycles. The van der Waals surface area contributed by atoms with Crippen LogP contribution in [0.3, 0.4) is 0 Å². The number of benzene rings is 2. The van der Waals surface area contributed by atoms with Gasteiger partial charge in [-0.25, -0.2) is 0 Å². The van der Waals surface area contributed by atoms with E-state index in [1.54, 1.807) is 0 Å². The molecule has 0 heterocycles. The average molecular weight is 342 g/mol. The molecule has 0 saturated heterocycles. The summed E-state index contributed by atoms with van der Waals surface area (Å²) in [6.07, 6.45) is 1.08. The predicted molar refractivity (Wildman–Crippen MR) is 101 cm³/mol. The number of aliphatic hydroxyl groups excluding tert-OH is 1. The SMILES string of the molecule is Cc1cccc(OCCCC(=O)Nc2ccc(N(C)CCO)cc2)c1. The molecule has 0 aliphatic rings. The number of carbonyl (C=O) groups is 1. The number of nitrogens with zero attached hydrogens (tertiary/aromatic N) is 1. The first-order valence-corrected chi connectivity index (χ1v) is 8.50. The van der Waals surface area contributed by atoms with E-state index in [1.807, 2.05) is 67.4 Å². The van der Waals surface area contributed by atoms with E-state index < -0.39 is 0 Å². The largest absolute Gasteiger partial charge is 0.494 e. The van der Waals surface area contributed by atoms with Gasteiger partial charge in [-0.05, 0) is 55.3 Å². The van der Waals surface area contributed by atoms with E-state index in [9.17, 15) is 4.79 Å². The standard InChI is InChI=1S/C20H26N2O3/c1-16-5-3-6-19(15-16)25-14-4-7-20(24)21-17-8-10-18(11-9-17)22(2)12-13-23/h3,5-6,8-11,15,23H,4,7,12-14H2,1-2H3,(H,21,24). The van der Waals surface area contributed by atoms with Crippen LogP contribution in [-0.4, -0.2) is 37.8 Å². The fourth-order valence-corrected chi connectivity index (χ4v) is 2.43. The Morgan fingerprint density at radius 2 is 1.96 bits per heavy atom. The van der Waals surface area contributed by atoms with E-state index in [-0.39, 0.29) is 12.5 Å². The first kappa shape index (κ1) is 18.8. The van der Waals surface area contributed by atoms with Crippen LogP contribution in [0.1, 0.15) is 18.4 Å². The van der Waals surface area contributed by atoms with Crippen LogP contribution in [0.2, 0.25) is 0 Å². The normalized spacial score (nSPS) is 10.4. The molecule has 2 aromatic rings. The maximum atomic E-state index is 12.0. The Morgan fingerprint density at radius 3 is 2.64 bits per heavy atom. The number of hydrogen-bond donors (Lipinski definition) is 2. The number of hydrogen-bond acceptors (Lipinski definition) is 4. The second-order valence-electron chi connectivity index (χ2n) is 6.01. The van der Waals surface area contributed by atoms with Crippen LogP contribution >= 0.6 is 0 Å². The van der Waals surface area contributed by atoms with Crippen LogP contribution in [0, 0.1) is 6.92 Å². The molecule has 0 atom stereocenters. The molecule has 1 amide bonds. The van der Waals surface area contributed by atoms with Gasteiger partial charge in [0.2, 0.25) is 5.91 Å². The Kier molecular flexibility index (Phi) is 7.29. The summed E-state index contributed by atoms with van der Waals surface area (Å²) in [4.78, 5) is 13.9. The van der Waals surface area contributed by atoms with Crippen molar-refractivity contribution in [2.24, 2.45) is 0 Å². The fourth-order valence-electron chi connectivity index (χ4n) is 2.43. The Balaban J connectivity index is 1.71. The number of rotatable bonds is 9. The molecule has 0 fully saturated rings. The molecule has 5 nitrogen and oxygen atoms in total. The third-order valence-electron chi connectivity index (χ3n) is 3.83. The van der Waals surface area contributed by atoms with Gasteiger partial charge in [-0.1, -0.05) is 12.1 Å². The lowest BCUT2D eigenvalue weighted by molar-refractivity contribution is -0.116. The zero-order valence-corrected chi connectivity index (χ0v) is 14.9. The van der Waals surface area contributed by atoms with Crippen molar-refractivity contribution in [3.8, 4) is 5.75 Å². The van der Waals surface area contributed by atoms with Crippen molar-refractivity contribution in [2.45, 2.75) is 19.8 Å². The van der Waals surface area contributed by atoms with Crippen LogP contribution in [0.4, 0.5) is 11.4 Å². The molecule has 2 rings (SSSR count). The Hall–Kier alpha value is -2.53. The number of ether oxygens (including phenoxy) is 1. The molecule has 134 valence electrons. The summed E-state index contributed by atoms with van der Waals surface area (Å²) in [5.41, 5.74) is 2.92. The number of anilines is 2. The maximum absolute atomic E-state index is 12.0. The van der Waals surface area contributed by atoms with Crippen molar-refractivity contribution in [2.75, 3.05) is 37.0 Å². The van der Waals surface area contributed by atoms with Crippen LogP contribution in [0.25, 0.3) is 0 Å². The van der Waals surface area contributed by atoms with Gasteiger partial charge in [-0.15, -0.1) is 0 Å². The van der Waals surface area contributed by atoms with Crippen molar-refractivity contribution in [3.63, 3.8) is 0 Å². The fraction of sp³-hybridized carbons (Fsp3) is 0.350. The van der Waals surface area contributed by atoms with Gasteiger partial charge in [0, 0.05) is 31.4 Å². The number of nitrogens with one attached hydrogen (secondary N) is 1. The summed E-state index contributed by atoms with van der Waals surface area (Å²) < 4.78 is 5.65. The van der Waals surface area contributed by atoms with Gasteiger partial charge in [0.1, 0.15) is 5.75 Å². The summed E-state index contributed by atoms with van der Waals surface area (Å²) in [7, 11) is 1.91. The highest BCUT2D eigenvalue weighted by atomic mass is 16.5. The second kappa shape index (κ2) is 9.69. The smallest absolute Gasteiger partial charge is 0.224 e. The lowest BCUT2D eigenvalue weighted by atomic mass is 10.2. The quantitative estimate of drug-likeness (QED) is 0.687. The highest BCUT2D eigenvalue weighted by Crippen LogP contribution is 2.17. The van der Waals surface area contributed by atoms with Crippen LogP contribution in [0.5, 0.6) is 5.75 Å². The Morgan fingerprint density at radius 1 is 1.20 bits per heavy atom. The third kappa shape index (κ3) is 6.47. The minimum absolute atomic E-state index is 0.0238. The van der Waals surface area contributed by atoms with Crippen molar-refractivity contribution >= 4 is 17.3 Å². The molecule has 0 spiro atoms. The Labute approximate surface area is 149 Å². The topological polar surface area (TPSA) is 61.8 Å². The first-order valence-electron chi connectivity index (χ1n) is 8.50. The number of aryl methyl sites for hydroxylation is 1. The van der Waals surface area contributed by atoms with Gasteiger partial charge in [0.05, 0.1) is 13.2 Å². The molecule has 5 heteroatoms. The molecule has 0 saturated carbocycles. The lowest BCUT2D eigenvalue weighted by Gasteiger charge is -2.18. The molecule has 2 aromatic carbocycles. The molecule has 0 aliphatic heterocycles. The highest BCUT2D eigenvalue weighted by molar-refractivity contribution is 5.90. The number of amides is 1. The molecule has 2 N–H and O–H groups in total. The molecular formula is C20H26N2O3. The van der Waals surface area contributed by atoms with Crippen LogP contribution in [0.15, 0.2) is 48.5 Å². The van der Waals surface area contributed by atoms with Crippen molar-refractivity contribution in [1.82, 2.24) is 0 Å².